The second-order valence-corrected chi connectivity index (χ2v) is 7.81. The third kappa shape index (κ3) is 10.9. The number of carbonyl (C=O) groups is 5. The fourth-order valence-corrected chi connectivity index (χ4v) is 3.01. The van der Waals surface area contributed by atoms with Crippen LogP contribution in [0.5, 0.6) is 0 Å². The standard InChI is InChI=1S/C20H33N7O8/c21-6-2-1-3-12(22)17(31)25-13(4-5-16(29)30)18(32)27-15(9-28)19(33)26-14(20(34)35)7-11-8-23-10-24-11/h8,10,12-15,28H,1-7,9,21-22H2,(H,23,24)(H,25,31)(H,26,33)(H,27,32)(H,29,30)(H,34,35). The van der Waals surface area contributed by atoms with Crippen molar-refractivity contribution in [3.63, 3.8) is 0 Å². The first-order valence-electron chi connectivity index (χ1n) is 11.0. The van der Waals surface area contributed by atoms with Gasteiger partial charge in [-0.1, -0.05) is 6.42 Å². The minimum Gasteiger partial charge on any atom is -0.481 e. The lowest BCUT2D eigenvalue weighted by atomic mass is 10.1. The molecule has 0 aliphatic rings. The van der Waals surface area contributed by atoms with Crippen LogP contribution in [0, 0.1) is 0 Å². The van der Waals surface area contributed by atoms with Crippen LogP contribution in [-0.4, -0.2) is 92.3 Å². The molecular formula is C20H33N7O8. The summed E-state index contributed by atoms with van der Waals surface area (Å²) in [6.45, 7) is -0.459. The van der Waals surface area contributed by atoms with Gasteiger partial charge in [0, 0.05) is 24.7 Å². The molecule has 1 rings (SSSR count). The van der Waals surface area contributed by atoms with Crippen molar-refractivity contribution in [3.8, 4) is 0 Å². The van der Waals surface area contributed by atoms with Gasteiger partial charge in [0.25, 0.3) is 0 Å². The summed E-state index contributed by atoms with van der Waals surface area (Å²) in [5, 5.41) is 34.7. The Kier molecular flexibility index (Phi) is 12.9. The van der Waals surface area contributed by atoms with Gasteiger partial charge in [0.05, 0.1) is 19.0 Å². The Morgan fingerprint density at radius 1 is 0.943 bits per heavy atom. The number of aliphatic hydroxyl groups is 1. The van der Waals surface area contributed by atoms with E-state index in [-0.39, 0.29) is 12.8 Å². The molecule has 0 aliphatic heterocycles. The number of nitrogens with two attached hydrogens (primary N) is 2. The van der Waals surface area contributed by atoms with E-state index >= 15 is 0 Å². The fraction of sp³-hybridized carbons (Fsp3) is 0.600. The zero-order valence-corrected chi connectivity index (χ0v) is 19.1. The molecule has 35 heavy (non-hydrogen) atoms. The molecule has 4 atom stereocenters. The van der Waals surface area contributed by atoms with Gasteiger partial charge < -0.3 is 47.7 Å². The molecule has 1 heterocycles. The van der Waals surface area contributed by atoms with Gasteiger partial charge in [0.2, 0.25) is 17.7 Å². The minimum absolute atomic E-state index is 0.132. The van der Waals surface area contributed by atoms with Crippen LogP contribution in [0.3, 0.4) is 0 Å². The van der Waals surface area contributed by atoms with Crippen LogP contribution < -0.4 is 27.4 Å². The van der Waals surface area contributed by atoms with Crippen LogP contribution in [0.2, 0.25) is 0 Å². The van der Waals surface area contributed by atoms with E-state index in [4.69, 9.17) is 16.6 Å². The first-order chi connectivity index (χ1) is 16.6. The number of H-pyrrole nitrogens is 1. The maximum Gasteiger partial charge on any atom is 0.326 e. The van der Waals surface area contributed by atoms with Crippen LogP contribution in [0.4, 0.5) is 0 Å². The van der Waals surface area contributed by atoms with E-state index in [2.05, 4.69) is 25.9 Å². The van der Waals surface area contributed by atoms with Gasteiger partial charge in [-0.3, -0.25) is 19.2 Å². The number of aliphatic hydroxyl groups excluding tert-OH is 1. The number of nitrogens with one attached hydrogen (secondary N) is 4. The quantitative estimate of drug-likeness (QED) is 0.0963. The number of carboxylic acid groups (broad SMARTS) is 2. The van der Waals surface area contributed by atoms with Crippen molar-refractivity contribution in [2.75, 3.05) is 13.2 Å². The molecule has 0 bridgehead atoms. The van der Waals surface area contributed by atoms with Gasteiger partial charge in [-0.2, -0.15) is 0 Å². The largest absolute Gasteiger partial charge is 0.481 e. The van der Waals surface area contributed by atoms with Crippen molar-refractivity contribution < 1.29 is 39.3 Å². The summed E-state index contributed by atoms with van der Waals surface area (Å²) in [7, 11) is 0. The van der Waals surface area contributed by atoms with Crippen molar-refractivity contribution in [3.05, 3.63) is 18.2 Å². The normalized spacial score (nSPS) is 14.3. The SMILES string of the molecule is NCCCCC(N)C(=O)NC(CCC(=O)O)C(=O)NC(CO)C(=O)NC(Cc1cnc[nH]1)C(=O)O. The molecule has 0 radical (unpaired) electrons. The highest BCUT2D eigenvalue weighted by molar-refractivity contribution is 5.94. The summed E-state index contributed by atoms with van der Waals surface area (Å²) in [5.41, 5.74) is 11.6. The second-order valence-electron chi connectivity index (χ2n) is 7.81. The highest BCUT2D eigenvalue weighted by Gasteiger charge is 2.30. The lowest BCUT2D eigenvalue weighted by Gasteiger charge is -2.24. The summed E-state index contributed by atoms with van der Waals surface area (Å²) in [6.07, 6.45) is 3.33. The number of amides is 3. The van der Waals surface area contributed by atoms with E-state index in [1.165, 1.54) is 12.5 Å². The molecular weight excluding hydrogens is 466 g/mol. The monoisotopic (exact) mass is 499 g/mol. The molecule has 0 fully saturated rings. The van der Waals surface area contributed by atoms with Crippen molar-refractivity contribution in [2.45, 2.75) is 62.7 Å². The van der Waals surface area contributed by atoms with Crippen molar-refractivity contribution in [1.29, 1.82) is 0 Å². The van der Waals surface area contributed by atoms with Gasteiger partial charge in [-0.25, -0.2) is 9.78 Å². The van der Waals surface area contributed by atoms with Crippen molar-refractivity contribution >= 4 is 29.7 Å². The van der Waals surface area contributed by atoms with Crippen molar-refractivity contribution in [1.82, 2.24) is 25.9 Å². The Morgan fingerprint density at radius 3 is 2.11 bits per heavy atom. The van der Waals surface area contributed by atoms with E-state index in [0.29, 0.717) is 31.5 Å². The smallest absolute Gasteiger partial charge is 0.326 e. The van der Waals surface area contributed by atoms with E-state index in [1.54, 1.807) is 0 Å². The first kappa shape index (κ1) is 29.5. The molecule has 3 amide bonds. The molecule has 15 heteroatoms. The highest BCUT2D eigenvalue weighted by atomic mass is 16.4. The van der Waals surface area contributed by atoms with E-state index in [1.807, 2.05) is 0 Å². The van der Waals surface area contributed by atoms with Crippen LogP contribution in [-0.2, 0) is 30.4 Å². The van der Waals surface area contributed by atoms with E-state index in [9.17, 15) is 34.2 Å². The molecule has 0 aliphatic carbocycles. The summed E-state index contributed by atoms with van der Waals surface area (Å²) < 4.78 is 0. The van der Waals surface area contributed by atoms with Crippen LogP contribution in [0.15, 0.2) is 12.5 Å². The molecule has 1 aromatic rings. The number of carbonyl (C=O) groups excluding carboxylic acids is 3. The Bertz CT molecular complexity index is 849. The molecule has 0 spiro atoms. The van der Waals surface area contributed by atoms with Crippen LogP contribution >= 0.6 is 0 Å². The number of aromatic amines is 1. The number of nitrogens with zero attached hydrogens (tertiary/aromatic N) is 1. The van der Waals surface area contributed by atoms with Gasteiger partial charge >= 0.3 is 11.9 Å². The lowest BCUT2D eigenvalue weighted by molar-refractivity contribution is -0.142. The Morgan fingerprint density at radius 2 is 1.57 bits per heavy atom. The van der Waals surface area contributed by atoms with E-state index < -0.39 is 66.9 Å². The Labute approximate surface area is 201 Å². The predicted octanol–water partition coefficient (Wildman–Crippen LogP) is -3.20. The highest BCUT2D eigenvalue weighted by Crippen LogP contribution is 2.04. The van der Waals surface area contributed by atoms with Crippen molar-refractivity contribution in [2.24, 2.45) is 11.5 Å². The van der Waals surface area contributed by atoms with E-state index in [0.717, 1.165) is 0 Å². The zero-order chi connectivity index (χ0) is 26.4. The number of hydrogen-bond acceptors (Lipinski definition) is 9. The molecule has 1 aromatic heterocycles. The van der Waals surface area contributed by atoms with Gasteiger partial charge in [0.1, 0.15) is 18.1 Å². The molecule has 11 N–H and O–H groups in total. The lowest BCUT2D eigenvalue weighted by Crippen LogP contribution is -2.58. The maximum absolute atomic E-state index is 12.7. The van der Waals surface area contributed by atoms with Gasteiger partial charge in [-0.05, 0) is 25.8 Å². The third-order valence-corrected chi connectivity index (χ3v) is 4.99. The summed E-state index contributed by atoms with van der Waals surface area (Å²) in [4.78, 5) is 66.6. The summed E-state index contributed by atoms with van der Waals surface area (Å²) >= 11 is 0. The third-order valence-electron chi connectivity index (χ3n) is 4.99. The number of imidazole rings is 1. The first-order valence-corrected chi connectivity index (χ1v) is 11.0. The number of aliphatic carboxylic acids is 2. The fourth-order valence-electron chi connectivity index (χ4n) is 3.01. The van der Waals surface area contributed by atoms with Crippen LogP contribution in [0.1, 0.15) is 37.8 Å². The molecule has 15 nitrogen and oxygen atoms in total. The Hall–Kier alpha value is -3.56. The second kappa shape index (κ2) is 15.4. The molecule has 0 aromatic carbocycles. The summed E-state index contributed by atoms with van der Waals surface area (Å²) in [5.74, 6) is -5.20. The molecule has 196 valence electrons. The van der Waals surface area contributed by atoms with Gasteiger partial charge in [-0.15, -0.1) is 0 Å². The zero-order valence-electron chi connectivity index (χ0n) is 19.1. The molecule has 0 saturated heterocycles. The maximum atomic E-state index is 12.7. The topological polar surface area (TPSA) is 263 Å². The minimum atomic E-state index is -1.56. The number of rotatable bonds is 17. The number of carboxylic acids is 2. The average molecular weight is 500 g/mol. The number of hydrogen-bond donors (Lipinski definition) is 9. The number of unbranched alkanes of at least 4 members (excludes halogenated alkanes) is 1. The van der Waals surface area contributed by atoms with Gasteiger partial charge in [0.15, 0.2) is 0 Å². The Balaban J connectivity index is 2.83. The molecule has 0 saturated carbocycles. The number of aromatic nitrogens is 2. The molecule has 4 unspecified atom stereocenters. The average Bonchev–Trinajstić information content (AvgIpc) is 3.32. The predicted molar refractivity (Wildman–Crippen MR) is 121 cm³/mol. The van der Waals surface area contributed by atoms with Crippen LogP contribution in [0.25, 0.3) is 0 Å². The summed E-state index contributed by atoms with van der Waals surface area (Å²) in [6, 6.07) is -5.27.